The first-order valence-electron chi connectivity index (χ1n) is 11.0. The summed E-state index contributed by atoms with van der Waals surface area (Å²) in [5.41, 5.74) is 0.750. The SMILES string of the molecule is COCCCN(CC(=O)N(Cc1ccc(F)cc1)Cc1cccs1)S(=O)(=O)c1ccc(OC)cc1. The smallest absolute Gasteiger partial charge is 0.243 e. The molecule has 0 aliphatic heterocycles. The summed E-state index contributed by atoms with van der Waals surface area (Å²) < 4.78 is 51.6. The fourth-order valence-corrected chi connectivity index (χ4v) is 5.60. The highest BCUT2D eigenvalue weighted by Crippen LogP contribution is 2.21. The predicted molar refractivity (Wildman–Crippen MR) is 133 cm³/mol. The largest absolute Gasteiger partial charge is 0.497 e. The zero-order valence-electron chi connectivity index (χ0n) is 19.7. The summed E-state index contributed by atoms with van der Waals surface area (Å²) >= 11 is 1.51. The number of carbonyl (C=O) groups excluding carboxylic acids is 1. The lowest BCUT2D eigenvalue weighted by atomic mass is 10.2. The number of hydrogen-bond acceptors (Lipinski definition) is 6. The number of ether oxygens (including phenoxy) is 2. The molecular formula is C25H29FN2O5S2. The second kappa shape index (κ2) is 12.8. The molecule has 1 amide bonds. The van der Waals surface area contributed by atoms with E-state index in [-0.39, 0.29) is 36.3 Å². The van der Waals surface area contributed by atoms with E-state index < -0.39 is 10.0 Å². The normalized spacial score (nSPS) is 11.5. The minimum atomic E-state index is -3.95. The Hall–Kier alpha value is -2.79. The third-order valence-corrected chi connectivity index (χ3v) is 8.05. The summed E-state index contributed by atoms with van der Waals surface area (Å²) in [6.45, 7) is 0.702. The van der Waals surface area contributed by atoms with Gasteiger partial charge in [0, 0.05) is 31.7 Å². The zero-order valence-corrected chi connectivity index (χ0v) is 21.4. The molecule has 3 rings (SSSR count). The van der Waals surface area contributed by atoms with Crippen molar-refractivity contribution >= 4 is 27.3 Å². The third-order valence-electron chi connectivity index (χ3n) is 5.33. The van der Waals surface area contributed by atoms with Crippen LogP contribution in [0.1, 0.15) is 16.9 Å². The number of rotatable bonds is 13. The molecule has 0 saturated heterocycles. The average molecular weight is 521 g/mol. The quantitative estimate of drug-likeness (QED) is 0.317. The summed E-state index contributed by atoms with van der Waals surface area (Å²) in [4.78, 5) is 16.1. The van der Waals surface area contributed by atoms with E-state index in [1.165, 1.54) is 47.0 Å². The molecule has 35 heavy (non-hydrogen) atoms. The van der Waals surface area contributed by atoms with Crippen LogP contribution in [0.3, 0.4) is 0 Å². The molecule has 0 fully saturated rings. The van der Waals surface area contributed by atoms with Gasteiger partial charge in [-0.15, -0.1) is 11.3 Å². The van der Waals surface area contributed by atoms with E-state index in [2.05, 4.69) is 0 Å². The lowest BCUT2D eigenvalue weighted by Crippen LogP contribution is -2.43. The van der Waals surface area contributed by atoms with Crippen molar-refractivity contribution in [1.82, 2.24) is 9.21 Å². The lowest BCUT2D eigenvalue weighted by Gasteiger charge is -2.27. The standard InChI is InChI=1S/C25H29FN2O5S2/c1-32-15-4-14-28(35(30,31)24-12-10-22(33-2)11-13-24)19-25(29)27(18-23-5-3-16-34-23)17-20-6-8-21(26)9-7-20/h3,5-13,16H,4,14-15,17-19H2,1-2H3. The number of benzene rings is 2. The Morgan fingerprint density at radius 1 is 1.00 bits per heavy atom. The number of carbonyl (C=O) groups is 1. The number of thiophene rings is 1. The van der Waals surface area contributed by atoms with E-state index in [1.54, 1.807) is 36.3 Å². The molecule has 0 spiro atoms. The molecule has 1 aromatic heterocycles. The molecule has 0 aliphatic rings. The zero-order chi connectivity index (χ0) is 25.3. The maximum atomic E-state index is 13.5. The van der Waals surface area contributed by atoms with Crippen LogP contribution in [-0.4, -0.2) is 57.4 Å². The first kappa shape index (κ1) is 26.8. The molecule has 7 nitrogen and oxygen atoms in total. The van der Waals surface area contributed by atoms with Gasteiger partial charge in [-0.3, -0.25) is 4.79 Å². The van der Waals surface area contributed by atoms with Gasteiger partial charge >= 0.3 is 0 Å². The van der Waals surface area contributed by atoms with Crippen molar-refractivity contribution in [1.29, 1.82) is 0 Å². The highest BCUT2D eigenvalue weighted by atomic mass is 32.2. The van der Waals surface area contributed by atoms with Gasteiger partial charge in [0.2, 0.25) is 15.9 Å². The fourth-order valence-electron chi connectivity index (χ4n) is 3.45. The molecule has 188 valence electrons. The highest BCUT2D eigenvalue weighted by molar-refractivity contribution is 7.89. The summed E-state index contributed by atoms with van der Waals surface area (Å²) in [5, 5.41) is 1.92. The summed E-state index contributed by atoms with van der Waals surface area (Å²) in [6, 6.07) is 15.8. The maximum Gasteiger partial charge on any atom is 0.243 e. The summed E-state index contributed by atoms with van der Waals surface area (Å²) in [6.07, 6.45) is 0.433. The molecule has 2 aromatic carbocycles. The van der Waals surface area contributed by atoms with Gasteiger partial charge in [0.05, 0.1) is 25.1 Å². The van der Waals surface area contributed by atoms with E-state index in [0.717, 1.165) is 10.4 Å². The second-order valence-corrected chi connectivity index (χ2v) is 10.8. The van der Waals surface area contributed by atoms with Crippen molar-refractivity contribution in [2.24, 2.45) is 0 Å². The third kappa shape index (κ3) is 7.60. The van der Waals surface area contributed by atoms with Crippen LogP contribution in [0, 0.1) is 5.82 Å². The number of sulfonamides is 1. The van der Waals surface area contributed by atoms with Gasteiger partial charge < -0.3 is 14.4 Å². The Bertz CT molecular complexity index is 1170. The van der Waals surface area contributed by atoms with Crippen molar-refractivity contribution in [3.8, 4) is 5.75 Å². The summed E-state index contributed by atoms with van der Waals surface area (Å²) in [5.74, 6) is -0.176. The van der Waals surface area contributed by atoms with Crippen LogP contribution in [0.2, 0.25) is 0 Å². The molecule has 0 unspecified atom stereocenters. The lowest BCUT2D eigenvalue weighted by molar-refractivity contribution is -0.132. The minimum absolute atomic E-state index is 0.0758. The molecule has 10 heteroatoms. The fraction of sp³-hybridized carbons (Fsp3) is 0.320. The number of hydrogen-bond donors (Lipinski definition) is 0. The van der Waals surface area contributed by atoms with Crippen LogP contribution in [0.15, 0.2) is 70.9 Å². The van der Waals surface area contributed by atoms with Crippen molar-refractivity contribution in [2.45, 2.75) is 24.4 Å². The van der Waals surface area contributed by atoms with Gasteiger partial charge in [0.25, 0.3) is 0 Å². The number of nitrogens with zero attached hydrogens (tertiary/aromatic N) is 2. The Kier molecular flexibility index (Phi) is 9.79. The van der Waals surface area contributed by atoms with Crippen LogP contribution in [0.4, 0.5) is 4.39 Å². The molecule has 0 N–H and O–H groups in total. The van der Waals surface area contributed by atoms with Crippen LogP contribution >= 0.6 is 11.3 Å². The molecule has 0 bridgehead atoms. The van der Waals surface area contributed by atoms with E-state index in [1.807, 2.05) is 17.5 Å². The minimum Gasteiger partial charge on any atom is -0.497 e. The molecule has 3 aromatic rings. The Labute approximate surface area is 209 Å². The number of amides is 1. The maximum absolute atomic E-state index is 13.5. The van der Waals surface area contributed by atoms with E-state index >= 15 is 0 Å². The first-order valence-corrected chi connectivity index (χ1v) is 13.3. The number of methoxy groups -OCH3 is 2. The van der Waals surface area contributed by atoms with Gasteiger partial charge in [0.15, 0.2) is 0 Å². The van der Waals surface area contributed by atoms with E-state index in [9.17, 15) is 17.6 Å². The van der Waals surface area contributed by atoms with Crippen molar-refractivity contribution in [3.05, 3.63) is 82.3 Å². The monoisotopic (exact) mass is 520 g/mol. The topological polar surface area (TPSA) is 76.2 Å². The van der Waals surface area contributed by atoms with Crippen molar-refractivity contribution in [2.75, 3.05) is 33.9 Å². The average Bonchev–Trinajstić information content (AvgIpc) is 3.37. The number of halogens is 1. The van der Waals surface area contributed by atoms with Crippen molar-refractivity contribution < 1.29 is 27.1 Å². The van der Waals surface area contributed by atoms with E-state index in [4.69, 9.17) is 9.47 Å². The molecule has 1 heterocycles. The second-order valence-electron chi connectivity index (χ2n) is 7.82. The molecule has 0 atom stereocenters. The van der Waals surface area contributed by atoms with Gasteiger partial charge in [-0.05, 0) is 59.8 Å². The van der Waals surface area contributed by atoms with Crippen LogP contribution in [0.5, 0.6) is 5.75 Å². The first-order chi connectivity index (χ1) is 16.8. The van der Waals surface area contributed by atoms with Gasteiger partial charge in [-0.25, -0.2) is 12.8 Å². The van der Waals surface area contributed by atoms with E-state index in [0.29, 0.717) is 25.3 Å². The molecule has 0 saturated carbocycles. The molecular weight excluding hydrogens is 491 g/mol. The predicted octanol–water partition coefficient (Wildman–Crippen LogP) is 4.15. The highest BCUT2D eigenvalue weighted by Gasteiger charge is 2.28. The van der Waals surface area contributed by atoms with Crippen LogP contribution < -0.4 is 4.74 Å². The Morgan fingerprint density at radius 3 is 2.31 bits per heavy atom. The van der Waals surface area contributed by atoms with Gasteiger partial charge in [0.1, 0.15) is 11.6 Å². The molecule has 0 aliphatic carbocycles. The Balaban J connectivity index is 1.85. The van der Waals surface area contributed by atoms with Crippen LogP contribution in [0.25, 0.3) is 0 Å². The van der Waals surface area contributed by atoms with Gasteiger partial charge in [-0.1, -0.05) is 18.2 Å². The van der Waals surface area contributed by atoms with Gasteiger partial charge in [-0.2, -0.15) is 4.31 Å². The summed E-state index contributed by atoms with van der Waals surface area (Å²) in [7, 11) is -0.905. The Morgan fingerprint density at radius 2 is 1.71 bits per heavy atom. The molecule has 0 radical (unpaired) electrons. The van der Waals surface area contributed by atoms with Crippen molar-refractivity contribution in [3.63, 3.8) is 0 Å². The van der Waals surface area contributed by atoms with Crippen LogP contribution in [-0.2, 0) is 32.6 Å².